The summed E-state index contributed by atoms with van der Waals surface area (Å²) in [4.78, 5) is 59.2. The second-order valence-corrected chi connectivity index (χ2v) is 8.25. The molecule has 1 aliphatic rings. The first-order valence-electron chi connectivity index (χ1n) is 9.81. The molecule has 0 spiro atoms. The fraction of sp³-hybridized carbons (Fsp3) is 0.476. The highest BCUT2D eigenvalue weighted by Crippen LogP contribution is 2.33. The van der Waals surface area contributed by atoms with E-state index in [0.717, 1.165) is 27.9 Å². The van der Waals surface area contributed by atoms with E-state index in [1.54, 1.807) is 12.1 Å². The van der Waals surface area contributed by atoms with Crippen LogP contribution in [0.15, 0.2) is 18.2 Å². The van der Waals surface area contributed by atoms with E-state index in [2.05, 4.69) is 0 Å². The lowest BCUT2D eigenvalue weighted by Gasteiger charge is -2.43. The maximum Gasteiger partial charge on any atom is 0.339 e. The Labute approximate surface area is 208 Å². The third-order valence-electron chi connectivity index (χ3n) is 4.19. The Morgan fingerprint density at radius 1 is 0.765 bits per heavy atom. The summed E-state index contributed by atoms with van der Waals surface area (Å²) < 4.78 is 37.7. The zero-order chi connectivity index (χ0) is 25.6. The average molecular weight is 594 g/mol. The quantitative estimate of drug-likeness (QED) is 0.194. The summed E-state index contributed by atoms with van der Waals surface area (Å²) in [6.45, 7) is 4.48. The Hall–Kier alpha value is -2.94. The van der Waals surface area contributed by atoms with Crippen molar-refractivity contribution >= 4 is 52.4 Å². The van der Waals surface area contributed by atoms with Gasteiger partial charge in [0.1, 0.15) is 11.5 Å². The van der Waals surface area contributed by atoms with Gasteiger partial charge in [0.25, 0.3) is 0 Å². The Morgan fingerprint density at radius 2 is 1.29 bits per heavy atom. The van der Waals surface area contributed by atoms with Gasteiger partial charge < -0.3 is 33.2 Å². The maximum atomic E-state index is 12.4. The van der Waals surface area contributed by atoms with Crippen LogP contribution in [0.3, 0.4) is 0 Å². The lowest BCUT2D eigenvalue weighted by molar-refractivity contribution is -0.282. The van der Waals surface area contributed by atoms with Crippen LogP contribution in [-0.4, -0.2) is 67.7 Å². The van der Waals surface area contributed by atoms with Crippen LogP contribution in [0.1, 0.15) is 27.7 Å². The van der Waals surface area contributed by atoms with Crippen LogP contribution in [0.5, 0.6) is 11.5 Å². The van der Waals surface area contributed by atoms with Crippen molar-refractivity contribution in [1.29, 1.82) is 0 Å². The molecule has 2 rings (SSSR count). The van der Waals surface area contributed by atoms with Gasteiger partial charge in [0.05, 0.1) is 7.11 Å². The third-order valence-corrected chi connectivity index (χ3v) is 4.82. The van der Waals surface area contributed by atoms with Gasteiger partial charge in [-0.3, -0.25) is 19.2 Å². The number of esters is 5. The SMILES string of the molecule is COC(=O)C1O[C@H](Oc2cc(I)cc(OC(C)=O)c2)[C@H](OC(C)=O)[C@H](OC(C)=O)[C@H]1OC(C)=O. The molecule has 0 bridgehead atoms. The number of rotatable bonds is 7. The first-order valence-corrected chi connectivity index (χ1v) is 10.9. The van der Waals surface area contributed by atoms with Crippen molar-refractivity contribution in [3.8, 4) is 11.5 Å². The molecule has 1 aliphatic heterocycles. The average Bonchev–Trinajstić information content (AvgIpc) is 2.69. The van der Waals surface area contributed by atoms with Gasteiger partial charge in [-0.05, 0) is 34.7 Å². The molecule has 13 heteroatoms. The van der Waals surface area contributed by atoms with E-state index in [-0.39, 0.29) is 11.5 Å². The first-order chi connectivity index (χ1) is 15.9. The van der Waals surface area contributed by atoms with Crippen LogP contribution < -0.4 is 9.47 Å². The van der Waals surface area contributed by atoms with Crippen LogP contribution in [-0.2, 0) is 47.7 Å². The monoisotopic (exact) mass is 594 g/mol. The molecule has 0 radical (unpaired) electrons. The molecule has 0 aliphatic carbocycles. The minimum Gasteiger partial charge on any atom is -0.467 e. The molecule has 1 heterocycles. The van der Waals surface area contributed by atoms with Gasteiger partial charge in [-0.15, -0.1) is 0 Å². The third kappa shape index (κ3) is 7.55. The number of methoxy groups -OCH3 is 1. The highest BCUT2D eigenvalue weighted by molar-refractivity contribution is 14.1. The summed E-state index contributed by atoms with van der Waals surface area (Å²) in [7, 11) is 1.08. The fourth-order valence-electron chi connectivity index (χ4n) is 3.14. The molecule has 1 aromatic rings. The molecule has 186 valence electrons. The fourth-order valence-corrected chi connectivity index (χ4v) is 3.75. The van der Waals surface area contributed by atoms with Crippen molar-refractivity contribution in [3.05, 3.63) is 21.8 Å². The van der Waals surface area contributed by atoms with Crippen molar-refractivity contribution in [2.75, 3.05) is 7.11 Å². The number of halogens is 1. The number of carbonyl (C=O) groups excluding carboxylic acids is 5. The maximum absolute atomic E-state index is 12.4. The van der Waals surface area contributed by atoms with Gasteiger partial charge in [-0.2, -0.15) is 0 Å². The van der Waals surface area contributed by atoms with E-state index in [1.807, 2.05) is 22.6 Å². The zero-order valence-electron chi connectivity index (χ0n) is 18.9. The van der Waals surface area contributed by atoms with Gasteiger partial charge in [-0.1, -0.05) is 0 Å². The topological polar surface area (TPSA) is 150 Å². The van der Waals surface area contributed by atoms with Crippen LogP contribution >= 0.6 is 22.6 Å². The number of carbonyl (C=O) groups is 5. The Kier molecular flexibility index (Phi) is 9.61. The molecule has 0 aromatic heterocycles. The molecule has 12 nitrogen and oxygen atoms in total. The molecule has 1 aromatic carbocycles. The lowest BCUT2D eigenvalue weighted by atomic mass is 9.97. The molecule has 5 atom stereocenters. The molecule has 0 saturated carbocycles. The number of benzene rings is 1. The van der Waals surface area contributed by atoms with Gasteiger partial charge in [0.15, 0.2) is 18.3 Å². The minimum absolute atomic E-state index is 0.112. The largest absolute Gasteiger partial charge is 0.467 e. The Morgan fingerprint density at radius 3 is 1.82 bits per heavy atom. The summed E-state index contributed by atoms with van der Waals surface area (Å²) in [5.41, 5.74) is 0. The van der Waals surface area contributed by atoms with Gasteiger partial charge in [0.2, 0.25) is 12.4 Å². The molecular formula is C21H23IO12. The lowest BCUT2D eigenvalue weighted by Crippen LogP contribution is -2.64. The summed E-state index contributed by atoms with van der Waals surface area (Å²) in [5, 5.41) is 0. The van der Waals surface area contributed by atoms with E-state index >= 15 is 0 Å². The van der Waals surface area contributed by atoms with E-state index < -0.39 is 60.6 Å². The summed E-state index contributed by atoms with van der Waals surface area (Å²) >= 11 is 1.96. The van der Waals surface area contributed by atoms with Gasteiger partial charge in [0, 0.05) is 37.3 Å². The number of hydrogen-bond donors (Lipinski definition) is 0. The van der Waals surface area contributed by atoms with Crippen molar-refractivity contribution in [2.24, 2.45) is 0 Å². The molecule has 1 unspecified atom stereocenters. The predicted molar refractivity (Wildman–Crippen MR) is 118 cm³/mol. The van der Waals surface area contributed by atoms with Crippen LogP contribution in [0.2, 0.25) is 0 Å². The molecule has 1 saturated heterocycles. The second kappa shape index (κ2) is 12.0. The summed E-state index contributed by atoms with van der Waals surface area (Å²) in [6, 6.07) is 4.48. The van der Waals surface area contributed by atoms with Crippen LogP contribution in [0.4, 0.5) is 0 Å². The summed E-state index contributed by atoms with van der Waals surface area (Å²) in [6.07, 6.45) is -7.56. The highest BCUT2D eigenvalue weighted by atomic mass is 127. The smallest absolute Gasteiger partial charge is 0.339 e. The van der Waals surface area contributed by atoms with E-state index in [0.29, 0.717) is 3.57 Å². The molecule has 0 N–H and O–H groups in total. The predicted octanol–water partition coefficient (Wildman–Crippen LogP) is 1.29. The first kappa shape index (κ1) is 27.3. The molecular weight excluding hydrogens is 571 g/mol. The molecule has 34 heavy (non-hydrogen) atoms. The number of ether oxygens (including phenoxy) is 7. The standard InChI is InChI=1S/C21H23IO12/c1-9(23)29-14-6-13(22)7-15(8-14)33-21-19(32-12(4)26)17(31-11(3)25)16(30-10(2)24)18(34-21)20(27)28-5/h6-8,16-19,21H,1-5H3/t16-,17-,18?,19-,21+/m1/s1. The molecule has 1 fully saturated rings. The minimum atomic E-state index is -1.59. The van der Waals surface area contributed by atoms with E-state index in [1.165, 1.54) is 13.0 Å². The van der Waals surface area contributed by atoms with Crippen molar-refractivity contribution in [2.45, 2.75) is 58.4 Å². The van der Waals surface area contributed by atoms with Crippen LogP contribution in [0, 0.1) is 3.57 Å². The van der Waals surface area contributed by atoms with Crippen molar-refractivity contribution < 1.29 is 57.1 Å². The molecule has 0 amide bonds. The van der Waals surface area contributed by atoms with Gasteiger partial charge >= 0.3 is 29.8 Å². The van der Waals surface area contributed by atoms with Crippen molar-refractivity contribution in [1.82, 2.24) is 0 Å². The van der Waals surface area contributed by atoms with Crippen molar-refractivity contribution in [3.63, 3.8) is 0 Å². The second-order valence-electron chi connectivity index (χ2n) is 7.00. The Bertz CT molecular complexity index is 961. The normalized spacial score (nSPS) is 23.8. The Balaban J connectivity index is 2.53. The zero-order valence-corrected chi connectivity index (χ0v) is 21.1. The van der Waals surface area contributed by atoms with Gasteiger partial charge in [-0.25, -0.2) is 4.79 Å². The van der Waals surface area contributed by atoms with E-state index in [4.69, 9.17) is 33.2 Å². The van der Waals surface area contributed by atoms with E-state index in [9.17, 15) is 24.0 Å². The number of hydrogen-bond acceptors (Lipinski definition) is 12. The van der Waals surface area contributed by atoms with Crippen LogP contribution in [0.25, 0.3) is 0 Å². The summed E-state index contributed by atoms with van der Waals surface area (Å²) in [5.74, 6) is -3.67. The highest BCUT2D eigenvalue weighted by Gasteiger charge is 2.55.